The smallest absolute Gasteiger partial charge is 0.328 e. The Hall–Kier alpha value is -3.67. The first-order valence-electron chi connectivity index (χ1n) is 7.89. The maximum atomic E-state index is 11.8. The highest BCUT2D eigenvalue weighted by atomic mass is 16.4. The number of aromatic amines is 1. The molecule has 1 aromatic heterocycles. The summed E-state index contributed by atoms with van der Waals surface area (Å²) in [6.45, 7) is 0. The second-order valence-electron chi connectivity index (χ2n) is 5.81. The molecule has 0 saturated heterocycles. The molecule has 4 N–H and O–H groups in total. The number of allylic oxidation sites excluding steroid dienone is 1. The van der Waals surface area contributed by atoms with E-state index in [-0.39, 0.29) is 12.2 Å². The molecule has 0 unspecified atom stereocenters. The number of aliphatic carboxylic acids is 1. The lowest BCUT2D eigenvalue weighted by atomic mass is 9.96. The highest BCUT2D eigenvalue weighted by Crippen LogP contribution is 2.30. The van der Waals surface area contributed by atoms with Gasteiger partial charge >= 0.3 is 5.97 Å². The molecule has 0 fully saturated rings. The maximum Gasteiger partial charge on any atom is 0.328 e. The molecular weight excluding hydrogens is 332 g/mol. The van der Waals surface area contributed by atoms with E-state index in [2.05, 4.69) is 4.98 Å². The van der Waals surface area contributed by atoms with Crippen LogP contribution >= 0.6 is 0 Å². The van der Waals surface area contributed by atoms with Crippen molar-refractivity contribution in [1.29, 1.82) is 0 Å². The summed E-state index contributed by atoms with van der Waals surface area (Å²) in [5.74, 6) is -1.95. The number of carbonyl (C=O) groups is 3. The van der Waals surface area contributed by atoms with Crippen molar-refractivity contribution in [2.24, 2.45) is 5.73 Å². The molecule has 0 atom stereocenters. The first kappa shape index (κ1) is 17.2. The van der Waals surface area contributed by atoms with Crippen LogP contribution in [0.15, 0.2) is 60.8 Å². The number of aromatic nitrogens is 1. The Morgan fingerprint density at radius 1 is 1.08 bits per heavy atom. The van der Waals surface area contributed by atoms with Gasteiger partial charge in [-0.05, 0) is 34.9 Å². The van der Waals surface area contributed by atoms with Crippen molar-refractivity contribution in [3.63, 3.8) is 0 Å². The van der Waals surface area contributed by atoms with E-state index in [0.717, 1.165) is 34.2 Å². The molecule has 0 aliphatic carbocycles. The summed E-state index contributed by atoms with van der Waals surface area (Å²) < 4.78 is 0. The van der Waals surface area contributed by atoms with Crippen LogP contribution in [-0.4, -0.2) is 27.8 Å². The largest absolute Gasteiger partial charge is 0.478 e. The molecule has 2 aromatic carbocycles. The van der Waals surface area contributed by atoms with Crippen LogP contribution in [0.2, 0.25) is 0 Å². The van der Waals surface area contributed by atoms with Gasteiger partial charge in [0.2, 0.25) is 0 Å². The fourth-order valence-electron chi connectivity index (χ4n) is 2.89. The topological polar surface area (TPSA) is 113 Å². The van der Waals surface area contributed by atoms with E-state index in [1.165, 1.54) is 0 Å². The SMILES string of the molecule is NC(=O)c1ccc(-c2cccc(CC(=O)/C=C\C(=O)O)c2)c2cc[nH]c12. The molecule has 1 heterocycles. The summed E-state index contributed by atoms with van der Waals surface area (Å²) >= 11 is 0. The van der Waals surface area contributed by atoms with E-state index >= 15 is 0 Å². The lowest BCUT2D eigenvalue weighted by molar-refractivity contribution is -0.131. The minimum atomic E-state index is -1.16. The van der Waals surface area contributed by atoms with Gasteiger partial charge in [-0.25, -0.2) is 4.79 Å². The van der Waals surface area contributed by atoms with E-state index in [0.29, 0.717) is 11.1 Å². The van der Waals surface area contributed by atoms with Crippen LogP contribution in [0.1, 0.15) is 15.9 Å². The molecule has 6 nitrogen and oxygen atoms in total. The molecule has 1 amide bonds. The second-order valence-corrected chi connectivity index (χ2v) is 5.81. The number of hydrogen-bond donors (Lipinski definition) is 3. The Kier molecular flexibility index (Phi) is 4.66. The molecular formula is C20H16N2O4. The number of carboxylic acids is 1. The van der Waals surface area contributed by atoms with Crippen LogP contribution < -0.4 is 5.73 Å². The number of primary amides is 1. The van der Waals surface area contributed by atoms with Crippen molar-refractivity contribution in [2.75, 3.05) is 0 Å². The minimum absolute atomic E-state index is 0.104. The molecule has 26 heavy (non-hydrogen) atoms. The first-order valence-corrected chi connectivity index (χ1v) is 7.89. The monoisotopic (exact) mass is 348 g/mol. The lowest BCUT2D eigenvalue weighted by Crippen LogP contribution is -2.11. The molecule has 0 aliphatic rings. The summed E-state index contributed by atoms with van der Waals surface area (Å²) in [4.78, 5) is 36.9. The van der Waals surface area contributed by atoms with Crippen LogP contribution in [-0.2, 0) is 16.0 Å². The quantitative estimate of drug-likeness (QED) is 0.594. The van der Waals surface area contributed by atoms with Crippen LogP contribution in [0.25, 0.3) is 22.0 Å². The number of nitrogens with two attached hydrogens (primary N) is 1. The fraction of sp³-hybridized carbons (Fsp3) is 0.0500. The number of carbonyl (C=O) groups excluding carboxylic acids is 2. The van der Waals surface area contributed by atoms with Crippen molar-refractivity contribution in [3.05, 3.63) is 71.9 Å². The van der Waals surface area contributed by atoms with Crippen molar-refractivity contribution in [3.8, 4) is 11.1 Å². The minimum Gasteiger partial charge on any atom is -0.478 e. The number of amides is 1. The van der Waals surface area contributed by atoms with Crippen LogP contribution in [0.5, 0.6) is 0 Å². The van der Waals surface area contributed by atoms with Gasteiger partial charge in [-0.3, -0.25) is 9.59 Å². The zero-order chi connectivity index (χ0) is 18.7. The van der Waals surface area contributed by atoms with E-state index in [4.69, 9.17) is 10.8 Å². The van der Waals surface area contributed by atoms with E-state index < -0.39 is 11.9 Å². The van der Waals surface area contributed by atoms with Gasteiger partial charge in [0.25, 0.3) is 5.91 Å². The van der Waals surface area contributed by atoms with Gasteiger partial charge in [-0.1, -0.05) is 30.3 Å². The number of ketones is 1. The predicted octanol–water partition coefficient (Wildman–Crippen LogP) is 2.69. The normalized spacial score (nSPS) is 11.1. The van der Waals surface area contributed by atoms with Crippen molar-refractivity contribution >= 4 is 28.6 Å². The summed E-state index contributed by atoms with van der Waals surface area (Å²) in [6, 6.07) is 12.8. The predicted molar refractivity (Wildman–Crippen MR) is 97.7 cm³/mol. The van der Waals surface area contributed by atoms with E-state index in [1.54, 1.807) is 12.3 Å². The third-order valence-electron chi connectivity index (χ3n) is 4.02. The fourth-order valence-corrected chi connectivity index (χ4v) is 2.89. The Bertz CT molecular complexity index is 1050. The third kappa shape index (κ3) is 3.54. The average molecular weight is 348 g/mol. The summed E-state index contributed by atoms with van der Waals surface area (Å²) in [5.41, 5.74) is 9.06. The van der Waals surface area contributed by atoms with Gasteiger partial charge in [0.15, 0.2) is 5.78 Å². The zero-order valence-electron chi connectivity index (χ0n) is 13.7. The highest BCUT2D eigenvalue weighted by Gasteiger charge is 2.12. The standard InChI is InChI=1S/C20H16N2O4/c21-20(26)17-6-5-15(16-8-9-22-19(16)17)13-3-1-2-12(10-13)11-14(23)4-7-18(24)25/h1-10,22H,11H2,(H2,21,26)(H,24,25)/b7-4-. The number of fused-ring (bicyclic) bond motifs is 1. The molecule has 0 bridgehead atoms. The summed E-state index contributed by atoms with van der Waals surface area (Å²) in [6.07, 6.45) is 3.73. The first-order chi connectivity index (χ1) is 12.5. The van der Waals surface area contributed by atoms with Gasteiger partial charge < -0.3 is 15.8 Å². The average Bonchev–Trinajstić information content (AvgIpc) is 3.08. The van der Waals surface area contributed by atoms with Crippen molar-refractivity contribution in [2.45, 2.75) is 6.42 Å². The van der Waals surface area contributed by atoms with Crippen LogP contribution in [0.3, 0.4) is 0 Å². The molecule has 130 valence electrons. The van der Waals surface area contributed by atoms with Crippen molar-refractivity contribution < 1.29 is 19.5 Å². The number of hydrogen-bond acceptors (Lipinski definition) is 3. The number of nitrogens with one attached hydrogen (secondary N) is 1. The maximum absolute atomic E-state index is 11.8. The molecule has 0 saturated carbocycles. The Morgan fingerprint density at radius 2 is 1.88 bits per heavy atom. The molecule has 3 rings (SSSR count). The highest BCUT2D eigenvalue weighted by molar-refractivity contribution is 6.09. The molecule has 0 radical (unpaired) electrons. The van der Waals surface area contributed by atoms with Gasteiger partial charge in [-0.2, -0.15) is 0 Å². The van der Waals surface area contributed by atoms with E-state index in [1.807, 2.05) is 36.4 Å². The zero-order valence-corrected chi connectivity index (χ0v) is 13.7. The Labute approximate surface area is 148 Å². The Morgan fingerprint density at radius 3 is 2.62 bits per heavy atom. The second kappa shape index (κ2) is 7.06. The van der Waals surface area contributed by atoms with Gasteiger partial charge in [-0.15, -0.1) is 0 Å². The summed E-state index contributed by atoms with van der Waals surface area (Å²) in [5, 5.41) is 9.44. The number of benzene rings is 2. The van der Waals surface area contributed by atoms with Gasteiger partial charge in [0.1, 0.15) is 0 Å². The molecule has 0 spiro atoms. The molecule has 3 aromatic rings. The van der Waals surface area contributed by atoms with Crippen LogP contribution in [0.4, 0.5) is 0 Å². The number of rotatable bonds is 6. The van der Waals surface area contributed by atoms with Crippen LogP contribution in [0, 0.1) is 0 Å². The van der Waals surface area contributed by atoms with Crippen molar-refractivity contribution in [1.82, 2.24) is 4.98 Å². The van der Waals surface area contributed by atoms with E-state index in [9.17, 15) is 14.4 Å². The lowest BCUT2D eigenvalue weighted by Gasteiger charge is -2.08. The molecule has 0 aliphatic heterocycles. The summed E-state index contributed by atoms with van der Waals surface area (Å²) in [7, 11) is 0. The van der Waals surface area contributed by atoms with Gasteiger partial charge in [0, 0.05) is 24.1 Å². The third-order valence-corrected chi connectivity index (χ3v) is 4.02. The number of carboxylic acid groups (broad SMARTS) is 1. The Balaban J connectivity index is 1.96. The number of H-pyrrole nitrogens is 1. The van der Waals surface area contributed by atoms with Gasteiger partial charge in [0.05, 0.1) is 11.1 Å². The molecule has 6 heteroatoms.